The Hall–Kier alpha value is -0.480. The summed E-state index contributed by atoms with van der Waals surface area (Å²) in [4.78, 5) is 0. The molecule has 1 heterocycles. The molecule has 0 spiro atoms. The first-order chi connectivity index (χ1) is 8.66. The van der Waals surface area contributed by atoms with Crippen molar-refractivity contribution in [2.24, 2.45) is 0 Å². The molecule has 100 valence electrons. The van der Waals surface area contributed by atoms with Crippen molar-refractivity contribution < 1.29 is 4.74 Å². The summed E-state index contributed by atoms with van der Waals surface area (Å²) < 4.78 is 5.44. The Morgan fingerprint density at radius 1 is 1.44 bits per heavy atom. The van der Waals surface area contributed by atoms with Crippen molar-refractivity contribution in [1.82, 2.24) is 5.32 Å². The molecule has 0 bridgehead atoms. The maximum atomic E-state index is 6.13. The fourth-order valence-electron chi connectivity index (χ4n) is 2.14. The van der Waals surface area contributed by atoms with Crippen LogP contribution in [0, 0.1) is 0 Å². The predicted molar refractivity (Wildman–Crippen MR) is 76.8 cm³/mol. The SMILES string of the molecule is CC(CC1COCCN1)Nc1c(Cl)cccc1Cl. The number of anilines is 1. The molecule has 1 aliphatic heterocycles. The van der Waals surface area contributed by atoms with E-state index in [4.69, 9.17) is 27.9 Å². The number of hydrogen-bond acceptors (Lipinski definition) is 3. The second-order valence-corrected chi connectivity index (χ2v) is 5.42. The van der Waals surface area contributed by atoms with Gasteiger partial charge in [0.25, 0.3) is 0 Å². The molecule has 2 unspecified atom stereocenters. The molecule has 2 N–H and O–H groups in total. The number of benzene rings is 1. The first kappa shape index (κ1) is 13.9. The van der Waals surface area contributed by atoms with Crippen LogP contribution in [0.5, 0.6) is 0 Å². The van der Waals surface area contributed by atoms with Crippen LogP contribution in [0.4, 0.5) is 5.69 Å². The molecular formula is C13H18Cl2N2O. The van der Waals surface area contributed by atoms with Gasteiger partial charge in [-0.05, 0) is 25.5 Å². The molecule has 0 aromatic heterocycles. The van der Waals surface area contributed by atoms with Gasteiger partial charge >= 0.3 is 0 Å². The van der Waals surface area contributed by atoms with Gasteiger partial charge in [0.2, 0.25) is 0 Å². The monoisotopic (exact) mass is 288 g/mol. The molecule has 2 atom stereocenters. The van der Waals surface area contributed by atoms with Crippen LogP contribution in [-0.2, 0) is 4.74 Å². The molecule has 3 nitrogen and oxygen atoms in total. The van der Waals surface area contributed by atoms with E-state index < -0.39 is 0 Å². The molecule has 2 rings (SSSR count). The zero-order valence-electron chi connectivity index (χ0n) is 10.4. The Bertz CT molecular complexity index is 374. The van der Waals surface area contributed by atoms with Gasteiger partial charge in [0.1, 0.15) is 0 Å². The lowest BCUT2D eigenvalue weighted by molar-refractivity contribution is 0.0731. The van der Waals surface area contributed by atoms with Gasteiger partial charge in [-0.15, -0.1) is 0 Å². The minimum absolute atomic E-state index is 0.279. The lowest BCUT2D eigenvalue weighted by Gasteiger charge is -2.27. The van der Waals surface area contributed by atoms with Gasteiger partial charge in [0, 0.05) is 18.6 Å². The highest BCUT2D eigenvalue weighted by Gasteiger charge is 2.17. The van der Waals surface area contributed by atoms with Gasteiger partial charge in [0.15, 0.2) is 0 Å². The predicted octanol–water partition coefficient (Wildman–Crippen LogP) is 3.17. The first-order valence-corrected chi connectivity index (χ1v) is 6.94. The summed E-state index contributed by atoms with van der Waals surface area (Å²) in [7, 11) is 0. The van der Waals surface area contributed by atoms with E-state index in [1.54, 1.807) is 0 Å². The van der Waals surface area contributed by atoms with Crippen molar-refractivity contribution in [3.05, 3.63) is 28.2 Å². The van der Waals surface area contributed by atoms with Crippen LogP contribution in [0.3, 0.4) is 0 Å². The lowest BCUT2D eigenvalue weighted by Crippen LogP contribution is -2.43. The minimum Gasteiger partial charge on any atom is -0.380 e. The maximum absolute atomic E-state index is 6.13. The number of para-hydroxylation sites is 1. The lowest BCUT2D eigenvalue weighted by atomic mass is 10.1. The molecule has 1 aliphatic rings. The Morgan fingerprint density at radius 3 is 2.78 bits per heavy atom. The molecule has 5 heteroatoms. The summed E-state index contributed by atoms with van der Waals surface area (Å²) >= 11 is 12.3. The van der Waals surface area contributed by atoms with E-state index in [-0.39, 0.29) is 6.04 Å². The van der Waals surface area contributed by atoms with Crippen LogP contribution in [0.1, 0.15) is 13.3 Å². The normalized spacial score (nSPS) is 21.6. The largest absolute Gasteiger partial charge is 0.380 e. The number of morpholine rings is 1. The number of rotatable bonds is 4. The second kappa shape index (κ2) is 6.62. The molecule has 18 heavy (non-hydrogen) atoms. The van der Waals surface area contributed by atoms with Gasteiger partial charge in [-0.3, -0.25) is 0 Å². The molecule has 0 saturated carbocycles. The third-order valence-electron chi connectivity index (χ3n) is 2.99. The summed E-state index contributed by atoms with van der Waals surface area (Å²) in [5.74, 6) is 0. The van der Waals surface area contributed by atoms with Gasteiger partial charge in [-0.2, -0.15) is 0 Å². The third kappa shape index (κ3) is 3.75. The Morgan fingerprint density at radius 2 is 2.17 bits per heavy atom. The Balaban J connectivity index is 1.92. The summed E-state index contributed by atoms with van der Waals surface area (Å²) in [6, 6.07) is 6.19. The number of ether oxygens (including phenoxy) is 1. The molecule has 1 aromatic rings. The Kier molecular flexibility index (Phi) is 5.13. The standard InChI is InChI=1S/C13H18Cl2N2O/c1-9(7-10-8-18-6-5-16-10)17-13-11(14)3-2-4-12(13)15/h2-4,9-10,16-17H,5-8H2,1H3. The van der Waals surface area contributed by atoms with Crippen LogP contribution >= 0.6 is 23.2 Å². The highest BCUT2D eigenvalue weighted by molar-refractivity contribution is 6.39. The zero-order chi connectivity index (χ0) is 13.0. The van der Waals surface area contributed by atoms with E-state index in [2.05, 4.69) is 17.6 Å². The van der Waals surface area contributed by atoms with Crippen LogP contribution in [0.15, 0.2) is 18.2 Å². The summed E-state index contributed by atoms with van der Waals surface area (Å²) in [6.07, 6.45) is 0.974. The summed E-state index contributed by atoms with van der Waals surface area (Å²) in [5.41, 5.74) is 0.810. The smallest absolute Gasteiger partial charge is 0.0720 e. The molecule has 1 saturated heterocycles. The maximum Gasteiger partial charge on any atom is 0.0720 e. The third-order valence-corrected chi connectivity index (χ3v) is 3.62. The van der Waals surface area contributed by atoms with Gasteiger partial charge in [-0.25, -0.2) is 0 Å². The molecule has 0 amide bonds. The van der Waals surface area contributed by atoms with Crippen molar-refractivity contribution in [3.8, 4) is 0 Å². The second-order valence-electron chi connectivity index (χ2n) is 4.60. The number of halogens is 2. The fourth-order valence-corrected chi connectivity index (χ4v) is 2.65. The highest BCUT2D eigenvalue weighted by Crippen LogP contribution is 2.30. The van der Waals surface area contributed by atoms with E-state index in [9.17, 15) is 0 Å². The molecule has 1 aromatic carbocycles. The van der Waals surface area contributed by atoms with Gasteiger partial charge in [-0.1, -0.05) is 29.3 Å². The summed E-state index contributed by atoms with van der Waals surface area (Å²) in [6.45, 7) is 4.61. The average molecular weight is 289 g/mol. The number of hydrogen-bond donors (Lipinski definition) is 2. The highest BCUT2D eigenvalue weighted by atomic mass is 35.5. The van der Waals surface area contributed by atoms with Crippen molar-refractivity contribution >= 4 is 28.9 Å². The molecule has 0 radical (unpaired) electrons. The van der Waals surface area contributed by atoms with E-state index in [1.165, 1.54) is 0 Å². The van der Waals surface area contributed by atoms with Crippen molar-refractivity contribution in [1.29, 1.82) is 0 Å². The van der Waals surface area contributed by atoms with E-state index in [0.717, 1.165) is 31.9 Å². The molecule has 1 fully saturated rings. The van der Waals surface area contributed by atoms with E-state index in [0.29, 0.717) is 16.1 Å². The van der Waals surface area contributed by atoms with Gasteiger partial charge in [0.05, 0.1) is 28.9 Å². The molecular weight excluding hydrogens is 271 g/mol. The zero-order valence-corrected chi connectivity index (χ0v) is 11.9. The van der Waals surface area contributed by atoms with Crippen LogP contribution in [0.2, 0.25) is 10.0 Å². The minimum atomic E-state index is 0.279. The van der Waals surface area contributed by atoms with E-state index >= 15 is 0 Å². The summed E-state index contributed by atoms with van der Waals surface area (Å²) in [5, 5.41) is 8.11. The molecule has 0 aliphatic carbocycles. The topological polar surface area (TPSA) is 33.3 Å². The fraction of sp³-hybridized carbons (Fsp3) is 0.538. The quantitative estimate of drug-likeness (QED) is 0.893. The van der Waals surface area contributed by atoms with Crippen LogP contribution in [-0.4, -0.2) is 31.8 Å². The first-order valence-electron chi connectivity index (χ1n) is 6.18. The number of nitrogens with one attached hydrogen (secondary N) is 2. The average Bonchev–Trinajstić information content (AvgIpc) is 2.35. The van der Waals surface area contributed by atoms with E-state index in [1.807, 2.05) is 18.2 Å². The van der Waals surface area contributed by atoms with Crippen molar-refractivity contribution in [3.63, 3.8) is 0 Å². The van der Waals surface area contributed by atoms with Crippen LogP contribution in [0.25, 0.3) is 0 Å². The van der Waals surface area contributed by atoms with Crippen molar-refractivity contribution in [2.45, 2.75) is 25.4 Å². The van der Waals surface area contributed by atoms with Crippen molar-refractivity contribution in [2.75, 3.05) is 25.1 Å². The van der Waals surface area contributed by atoms with Crippen LogP contribution < -0.4 is 10.6 Å². The Labute approximate surface area is 118 Å². The van der Waals surface area contributed by atoms with Gasteiger partial charge < -0.3 is 15.4 Å².